The number of nitrogens with one attached hydrogen (secondary N) is 4. The summed E-state index contributed by atoms with van der Waals surface area (Å²) < 4.78 is 70.0. The molecule has 5 aliphatic rings. The highest BCUT2D eigenvalue weighted by molar-refractivity contribution is 7.90. The Balaban J connectivity index is 0.867. The summed E-state index contributed by atoms with van der Waals surface area (Å²) in [5.41, 5.74) is 1.60. The van der Waals surface area contributed by atoms with Crippen molar-refractivity contribution in [1.29, 1.82) is 0 Å². The van der Waals surface area contributed by atoms with Gasteiger partial charge in [0.2, 0.25) is 5.88 Å². The van der Waals surface area contributed by atoms with Crippen LogP contribution in [-0.2, 0) is 10.0 Å². The second-order valence-electron chi connectivity index (χ2n) is 21.5. The first-order valence-corrected chi connectivity index (χ1v) is 27.2. The Morgan fingerprint density at radius 1 is 0.959 bits per heavy atom. The molecule has 3 aromatic carbocycles. The van der Waals surface area contributed by atoms with E-state index in [2.05, 4.69) is 77.9 Å². The van der Waals surface area contributed by atoms with Crippen molar-refractivity contribution in [3.8, 4) is 5.88 Å². The number of aromatic amines is 2. The fourth-order valence-electron chi connectivity index (χ4n) is 12.4. The number of sulfonamides is 1. The Morgan fingerprint density at radius 3 is 2.47 bits per heavy atom. The first-order valence-electron chi connectivity index (χ1n) is 25.7. The minimum absolute atomic E-state index is 0.0526. The van der Waals surface area contributed by atoms with Gasteiger partial charge >= 0.3 is 0 Å². The standard InChI is InChI=1S/C53H63F2N11O6S/c1-32(2)36-8-5-6-9-37(36)40-10-7-17-64(40)35-28-52(29-35)12-18-63(19-13-52)42-26-41(65-22-23-72-51-44(65)24-34-11-16-56-49(34)60-51)38(25-39(42)54)50(67)61-73(70,71)45-27-43(66(68)69)46(48-47(45)58-31-59-48)57-30-53(55)14-20-62(21-15-53)33(3)4/h5-6,8-9,11,16,24-27,31-33,35,40,57H,7,10,12-15,17-23,28-30H2,1-4H3,(H,56,60)(H,58,59)(H,61,67)/t40-/m0/s1. The van der Waals surface area contributed by atoms with Crippen molar-refractivity contribution in [2.45, 2.75) is 114 Å². The topological polar surface area (TPSA) is 198 Å². The average Bonchev–Trinajstić information content (AvgIpc) is 4.16. The number of alkyl halides is 1. The van der Waals surface area contributed by atoms with Crippen molar-refractivity contribution in [1.82, 2.24) is 34.5 Å². The summed E-state index contributed by atoms with van der Waals surface area (Å²) in [6, 6.07) is 17.2. The number of likely N-dealkylation sites (tertiary alicyclic amines) is 2. The number of nitro groups is 1. The molecule has 3 aromatic heterocycles. The van der Waals surface area contributed by atoms with Gasteiger partial charge in [-0.15, -0.1) is 0 Å². The van der Waals surface area contributed by atoms with Crippen molar-refractivity contribution in [3.05, 3.63) is 99.7 Å². The summed E-state index contributed by atoms with van der Waals surface area (Å²) in [6.07, 6.45) is 9.61. The second-order valence-corrected chi connectivity index (χ2v) is 23.1. The predicted molar refractivity (Wildman–Crippen MR) is 277 cm³/mol. The van der Waals surface area contributed by atoms with Crippen molar-refractivity contribution in [3.63, 3.8) is 0 Å². The molecule has 11 rings (SSSR count). The van der Waals surface area contributed by atoms with E-state index in [0.29, 0.717) is 55.5 Å². The van der Waals surface area contributed by atoms with Crippen LogP contribution in [0.1, 0.15) is 113 Å². The molecule has 4 N–H and O–H groups in total. The lowest BCUT2D eigenvalue weighted by Crippen LogP contribution is -2.55. The Morgan fingerprint density at radius 2 is 1.73 bits per heavy atom. The third-order valence-corrected chi connectivity index (χ3v) is 17.9. The first-order chi connectivity index (χ1) is 35.0. The van der Waals surface area contributed by atoms with Gasteiger partial charge in [-0.2, -0.15) is 4.98 Å². The summed E-state index contributed by atoms with van der Waals surface area (Å²) in [4.78, 5) is 49.3. The molecular weight excluding hydrogens is 957 g/mol. The minimum Gasteiger partial charge on any atom is -0.474 e. The number of hydrogen-bond donors (Lipinski definition) is 4. The lowest BCUT2D eigenvalue weighted by molar-refractivity contribution is -0.384. The molecule has 0 unspecified atom stereocenters. The number of carbonyl (C=O) groups excluding carboxylic acids is 1. The molecule has 1 aliphatic carbocycles. The van der Waals surface area contributed by atoms with Crippen LogP contribution in [0.2, 0.25) is 0 Å². The third-order valence-electron chi connectivity index (χ3n) is 16.5. The maximum Gasteiger partial charge on any atom is 0.296 e. The number of hydrogen-bond acceptors (Lipinski definition) is 13. The summed E-state index contributed by atoms with van der Waals surface area (Å²) in [7, 11) is -4.95. The van der Waals surface area contributed by atoms with Gasteiger partial charge in [-0.05, 0) is 118 Å². The Kier molecular flexibility index (Phi) is 12.6. The number of anilines is 4. The highest BCUT2D eigenvalue weighted by Crippen LogP contribution is 2.55. The minimum atomic E-state index is -4.95. The largest absolute Gasteiger partial charge is 0.474 e. The smallest absolute Gasteiger partial charge is 0.296 e. The van der Waals surface area contributed by atoms with Crippen LogP contribution in [0.25, 0.3) is 22.1 Å². The normalized spacial score (nSPS) is 20.5. The van der Waals surface area contributed by atoms with Crippen LogP contribution in [0.3, 0.4) is 0 Å². The molecule has 4 fully saturated rings. The summed E-state index contributed by atoms with van der Waals surface area (Å²) in [5, 5.41) is 16.3. The van der Waals surface area contributed by atoms with E-state index in [4.69, 9.17) is 4.74 Å². The molecule has 1 saturated carbocycles. The van der Waals surface area contributed by atoms with Crippen molar-refractivity contribution >= 4 is 66.4 Å². The number of aromatic nitrogens is 4. The molecule has 17 nitrogen and oxygen atoms in total. The molecule has 386 valence electrons. The molecule has 20 heteroatoms. The van der Waals surface area contributed by atoms with Crippen LogP contribution >= 0.6 is 0 Å². The first kappa shape index (κ1) is 48.9. The molecule has 4 aliphatic heterocycles. The molecule has 3 saturated heterocycles. The number of H-pyrrole nitrogens is 2. The number of imidazole rings is 1. The van der Waals surface area contributed by atoms with Crippen LogP contribution in [-0.4, -0.2) is 119 Å². The highest BCUT2D eigenvalue weighted by Gasteiger charge is 2.50. The van der Waals surface area contributed by atoms with Gasteiger partial charge in [0, 0.05) is 68.5 Å². The summed E-state index contributed by atoms with van der Waals surface area (Å²) >= 11 is 0. The van der Waals surface area contributed by atoms with Gasteiger partial charge in [0.15, 0.2) is 0 Å². The monoisotopic (exact) mass is 1020 g/mol. The molecule has 1 amide bonds. The van der Waals surface area contributed by atoms with E-state index < -0.39 is 42.9 Å². The SMILES string of the molecule is CC(C)c1ccccc1[C@@H]1CCCN1C1CC2(CCN(c3cc(N4CCOc5nc6[nH]ccc6cc54)c(C(=O)NS(=O)(=O)c4cc([N+](=O)[O-])c(NCC5(F)CCN(C(C)C)CC5)c5[nH]cnc45)cc3F)CC2)C1. The van der Waals surface area contributed by atoms with E-state index in [-0.39, 0.29) is 83.5 Å². The molecule has 6 aromatic rings. The van der Waals surface area contributed by atoms with Crippen molar-refractivity contribution in [2.24, 2.45) is 5.41 Å². The molecule has 0 radical (unpaired) electrons. The second kappa shape index (κ2) is 18.8. The van der Waals surface area contributed by atoms with E-state index in [9.17, 15) is 23.3 Å². The number of fused-ring (bicyclic) bond motifs is 3. The van der Waals surface area contributed by atoms with E-state index in [1.807, 2.05) is 30.9 Å². The van der Waals surface area contributed by atoms with Crippen LogP contribution in [0.5, 0.6) is 5.88 Å². The van der Waals surface area contributed by atoms with Gasteiger partial charge in [-0.3, -0.25) is 19.8 Å². The number of carbonyl (C=O) groups is 1. The van der Waals surface area contributed by atoms with E-state index in [1.54, 1.807) is 17.2 Å². The third kappa shape index (κ3) is 9.02. The van der Waals surface area contributed by atoms with E-state index in [0.717, 1.165) is 56.2 Å². The predicted octanol–water partition coefficient (Wildman–Crippen LogP) is 9.47. The Hall–Kier alpha value is -6.38. The number of rotatable bonds is 13. The number of amides is 1. The number of benzene rings is 3. The quantitative estimate of drug-likeness (QED) is 0.0631. The molecule has 0 bridgehead atoms. The van der Waals surface area contributed by atoms with Crippen LogP contribution in [0.15, 0.2) is 72.0 Å². The molecule has 1 spiro atoms. The van der Waals surface area contributed by atoms with E-state index >= 15 is 8.78 Å². The number of nitrogens with zero attached hydrogens (tertiary/aromatic N) is 7. The van der Waals surface area contributed by atoms with E-state index in [1.165, 1.54) is 23.9 Å². The summed E-state index contributed by atoms with van der Waals surface area (Å²) in [5.74, 6) is -1.14. The number of piperidine rings is 2. The van der Waals surface area contributed by atoms with Crippen molar-refractivity contribution < 1.29 is 31.7 Å². The van der Waals surface area contributed by atoms with Crippen LogP contribution in [0.4, 0.5) is 37.2 Å². The summed E-state index contributed by atoms with van der Waals surface area (Å²) in [6.45, 7) is 12.0. The Labute approximate surface area is 423 Å². The van der Waals surface area contributed by atoms with Gasteiger partial charge in [0.1, 0.15) is 45.5 Å². The zero-order valence-corrected chi connectivity index (χ0v) is 42.5. The molecule has 1 atom stereocenters. The van der Waals surface area contributed by atoms with Gasteiger partial charge in [-0.1, -0.05) is 38.1 Å². The average molecular weight is 1020 g/mol. The lowest BCUT2D eigenvalue weighted by Gasteiger charge is -2.56. The number of nitro benzene ring substituents is 1. The van der Waals surface area contributed by atoms with Crippen molar-refractivity contribution in [2.75, 3.05) is 67.5 Å². The number of halogens is 2. The lowest BCUT2D eigenvalue weighted by atomic mass is 9.59. The zero-order valence-electron chi connectivity index (χ0n) is 41.7. The van der Waals surface area contributed by atoms with Gasteiger partial charge < -0.3 is 34.7 Å². The maximum atomic E-state index is 16.9. The van der Waals surface area contributed by atoms with Gasteiger partial charge in [-0.25, -0.2) is 26.9 Å². The Bertz CT molecular complexity index is 3210. The fraction of sp³-hybridized carbons (Fsp3) is 0.491. The fourth-order valence-corrected chi connectivity index (χ4v) is 13.6. The molecular formula is C53H63F2N11O6S. The maximum absolute atomic E-state index is 16.9. The molecule has 73 heavy (non-hydrogen) atoms. The number of ether oxygens (including phenoxy) is 1. The van der Waals surface area contributed by atoms with Crippen LogP contribution in [0, 0.1) is 21.3 Å². The number of pyridine rings is 1. The van der Waals surface area contributed by atoms with Gasteiger partial charge in [0.05, 0.1) is 40.3 Å². The zero-order chi connectivity index (χ0) is 51.0. The van der Waals surface area contributed by atoms with Gasteiger partial charge in [0.25, 0.3) is 21.6 Å². The molecule has 7 heterocycles. The van der Waals surface area contributed by atoms with Crippen LogP contribution < -0.4 is 24.6 Å². The highest BCUT2D eigenvalue weighted by atomic mass is 32.2.